The smallest absolute Gasteiger partial charge is 0.315 e. The third-order valence-corrected chi connectivity index (χ3v) is 6.16. The standard InChI is InChI=1S/C22H36N4O/c1-25-14-8-20(9-15-25)7-13-23-22(27)24-21-11-17-26(18-12-21)16-10-19-5-3-2-4-6-19/h2-6,20-21H,7-18H2,1H3,(H2,23,24,27). The van der Waals surface area contributed by atoms with Gasteiger partial charge in [-0.15, -0.1) is 0 Å². The van der Waals surface area contributed by atoms with Crippen LogP contribution in [0.15, 0.2) is 30.3 Å². The van der Waals surface area contributed by atoms with Gasteiger partial charge in [0.1, 0.15) is 0 Å². The van der Waals surface area contributed by atoms with Gasteiger partial charge in [-0.05, 0) is 70.1 Å². The molecule has 2 fully saturated rings. The van der Waals surface area contributed by atoms with Crippen LogP contribution in [-0.2, 0) is 6.42 Å². The topological polar surface area (TPSA) is 47.6 Å². The van der Waals surface area contributed by atoms with Gasteiger partial charge >= 0.3 is 6.03 Å². The summed E-state index contributed by atoms with van der Waals surface area (Å²) in [5.74, 6) is 0.773. The predicted octanol–water partition coefficient (Wildman–Crippen LogP) is 2.72. The van der Waals surface area contributed by atoms with E-state index in [1.165, 1.54) is 31.5 Å². The number of amides is 2. The summed E-state index contributed by atoms with van der Waals surface area (Å²) in [4.78, 5) is 17.1. The molecule has 0 aliphatic carbocycles. The predicted molar refractivity (Wildman–Crippen MR) is 111 cm³/mol. The second-order valence-corrected chi connectivity index (χ2v) is 8.29. The molecule has 0 atom stereocenters. The van der Waals surface area contributed by atoms with E-state index in [1.54, 1.807) is 0 Å². The van der Waals surface area contributed by atoms with Crippen molar-refractivity contribution in [2.45, 2.75) is 44.6 Å². The van der Waals surface area contributed by atoms with Gasteiger partial charge in [0.05, 0.1) is 0 Å². The van der Waals surface area contributed by atoms with Crippen molar-refractivity contribution in [2.24, 2.45) is 5.92 Å². The zero-order valence-corrected chi connectivity index (χ0v) is 16.8. The number of benzene rings is 1. The third kappa shape index (κ3) is 7.15. The Morgan fingerprint density at radius 3 is 2.44 bits per heavy atom. The van der Waals surface area contributed by atoms with Crippen LogP contribution in [0.5, 0.6) is 0 Å². The summed E-state index contributed by atoms with van der Waals surface area (Å²) >= 11 is 0. The van der Waals surface area contributed by atoms with Crippen molar-refractivity contribution in [3.8, 4) is 0 Å². The molecule has 0 saturated carbocycles. The average molecular weight is 373 g/mol. The summed E-state index contributed by atoms with van der Waals surface area (Å²) in [6.07, 6.45) is 6.85. The first-order valence-electron chi connectivity index (χ1n) is 10.7. The van der Waals surface area contributed by atoms with Crippen LogP contribution in [0.1, 0.15) is 37.7 Å². The molecule has 3 rings (SSSR count). The van der Waals surface area contributed by atoms with Gasteiger partial charge in [-0.3, -0.25) is 0 Å². The number of hydrogen-bond donors (Lipinski definition) is 2. The largest absolute Gasteiger partial charge is 0.338 e. The van der Waals surface area contributed by atoms with Crippen LogP contribution in [0.2, 0.25) is 0 Å². The number of carbonyl (C=O) groups excluding carboxylic acids is 1. The zero-order valence-electron chi connectivity index (χ0n) is 16.8. The SMILES string of the molecule is CN1CCC(CCNC(=O)NC2CCN(CCc3ccccc3)CC2)CC1. The zero-order chi connectivity index (χ0) is 18.9. The first kappa shape index (κ1) is 20.2. The maximum Gasteiger partial charge on any atom is 0.315 e. The molecule has 5 nitrogen and oxygen atoms in total. The van der Waals surface area contributed by atoms with Crippen LogP contribution in [-0.4, -0.2) is 68.2 Å². The minimum absolute atomic E-state index is 0.0191. The fourth-order valence-corrected chi connectivity index (χ4v) is 4.21. The van der Waals surface area contributed by atoms with E-state index in [2.05, 4.69) is 57.8 Å². The second-order valence-electron chi connectivity index (χ2n) is 8.29. The third-order valence-electron chi connectivity index (χ3n) is 6.16. The van der Waals surface area contributed by atoms with Gasteiger partial charge in [0.25, 0.3) is 0 Å². The number of nitrogens with one attached hydrogen (secondary N) is 2. The van der Waals surface area contributed by atoms with Gasteiger partial charge in [-0.2, -0.15) is 0 Å². The van der Waals surface area contributed by atoms with Crippen LogP contribution < -0.4 is 10.6 Å². The molecule has 5 heteroatoms. The average Bonchev–Trinajstić information content (AvgIpc) is 2.70. The molecular formula is C22H36N4O. The molecule has 2 heterocycles. The lowest BCUT2D eigenvalue weighted by Gasteiger charge is -2.32. The molecule has 2 aliphatic heterocycles. The Labute approximate surface area is 164 Å². The molecule has 1 aromatic carbocycles. The van der Waals surface area contributed by atoms with Gasteiger partial charge in [-0.25, -0.2) is 4.79 Å². The Hall–Kier alpha value is -1.59. The molecule has 0 unspecified atom stereocenters. The van der Waals surface area contributed by atoms with E-state index in [9.17, 15) is 4.79 Å². The van der Waals surface area contributed by atoms with Crippen LogP contribution in [0.25, 0.3) is 0 Å². The van der Waals surface area contributed by atoms with Gasteiger partial charge < -0.3 is 20.4 Å². The molecule has 0 radical (unpaired) electrons. The molecule has 0 bridgehead atoms. The van der Waals surface area contributed by atoms with E-state index in [-0.39, 0.29) is 6.03 Å². The molecule has 2 aliphatic rings. The van der Waals surface area contributed by atoms with Crippen molar-refractivity contribution >= 4 is 6.03 Å². The Morgan fingerprint density at radius 2 is 1.74 bits per heavy atom. The van der Waals surface area contributed by atoms with E-state index < -0.39 is 0 Å². The van der Waals surface area contributed by atoms with E-state index in [0.717, 1.165) is 57.8 Å². The monoisotopic (exact) mass is 372 g/mol. The normalized spacial score (nSPS) is 20.5. The number of urea groups is 1. The number of hydrogen-bond acceptors (Lipinski definition) is 3. The van der Waals surface area contributed by atoms with E-state index in [4.69, 9.17) is 0 Å². The number of nitrogens with zero attached hydrogens (tertiary/aromatic N) is 2. The van der Waals surface area contributed by atoms with Crippen molar-refractivity contribution in [2.75, 3.05) is 46.3 Å². The summed E-state index contributed by atoms with van der Waals surface area (Å²) in [5, 5.41) is 6.24. The Morgan fingerprint density at radius 1 is 1.04 bits per heavy atom. The Kier molecular flexibility index (Phi) is 7.96. The lowest BCUT2D eigenvalue weighted by Crippen LogP contribution is -2.48. The summed E-state index contributed by atoms with van der Waals surface area (Å²) in [6.45, 7) is 6.45. The molecular weight excluding hydrogens is 336 g/mol. The number of rotatable bonds is 7. The van der Waals surface area contributed by atoms with Gasteiger partial charge in [-0.1, -0.05) is 30.3 Å². The maximum absolute atomic E-state index is 12.2. The molecule has 2 amide bonds. The molecule has 27 heavy (non-hydrogen) atoms. The summed E-state index contributed by atoms with van der Waals surface area (Å²) in [6, 6.07) is 11.0. The highest BCUT2D eigenvalue weighted by Crippen LogP contribution is 2.18. The lowest BCUT2D eigenvalue weighted by atomic mass is 9.94. The summed E-state index contributed by atoms with van der Waals surface area (Å²) in [7, 11) is 2.19. The second kappa shape index (κ2) is 10.7. The number of piperidine rings is 2. The van der Waals surface area contributed by atoms with E-state index >= 15 is 0 Å². The van der Waals surface area contributed by atoms with Crippen LogP contribution in [0, 0.1) is 5.92 Å². The van der Waals surface area contributed by atoms with Crippen molar-refractivity contribution < 1.29 is 4.79 Å². The summed E-state index contributed by atoms with van der Waals surface area (Å²) < 4.78 is 0. The number of likely N-dealkylation sites (tertiary alicyclic amines) is 2. The number of carbonyl (C=O) groups is 1. The minimum atomic E-state index is 0.0191. The molecule has 1 aromatic rings. The first-order valence-corrected chi connectivity index (χ1v) is 10.7. The molecule has 2 N–H and O–H groups in total. The van der Waals surface area contributed by atoms with E-state index in [0.29, 0.717) is 6.04 Å². The molecule has 2 saturated heterocycles. The van der Waals surface area contributed by atoms with Gasteiger partial charge in [0.2, 0.25) is 0 Å². The van der Waals surface area contributed by atoms with Crippen molar-refractivity contribution in [3.63, 3.8) is 0 Å². The van der Waals surface area contributed by atoms with Gasteiger partial charge in [0, 0.05) is 32.2 Å². The fraction of sp³-hybridized carbons (Fsp3) is 0.682. The summed E-state index contributed by atoms with van der Waals surface area (Å²) in [5.41, 5.74) is 1.40. The van der Waals surface area contributed by atoms with Crippen LogP contribution >= 0.6 is 0 Å². The van der Waals surface area contributed by atoms with Crippen molar-refractivity contribution in [3.05, 3.63) is 35.9 Å². The highest BCUT2D eigenvalue weighted by Gasteiger charge is 2.21. The maximum atomic E-state index is 12.2. The Bertz CT molecular complexity index is 549. The molecule has 0 spiro atoms. The molecule has 0 aromatic heterocycles. The minimum Gasteiger partial charge on any atom is -0.338 e. The lowest BCUT2D eigenvalue weighted by molar-refractivity contribution is 0.192. The first-order chi connectivity index (χ1) is 13.2. The van der Waals surface area contributed by atoms with Crippen molar-refractivity contribution in [1.29, 1.82) is 0 Å². The van der Waals surface area contributed by atoms with Crippen molar-refractivity contribution in [1.82, 2.24) is 20.4 Å². The molecule has 150 valence electrons. The van der Waals surface area contributed by atoms with Crippen LogP contribution in [0.3, 0.4) is 0 Å². The fourth-order valence-electron chi connectivity index (χ4n) is 4.21. The van der Waals surface area contributed by atoms with Gasteiger partial charge in [0.15, 0.2) is 0 Å². The highest BCUT2D eigenvalue weighted by molar-refractivity contribution is 5.74. The van der Waals surface area contributed by atoms with Crippen LogP contribution in [0.4, 0.5) is 4.79 Å². The quantitative estimate of drug-likeness (QED) is 0.774. The highest BCUT2D eigenvalue weighted by atomic mass is 16.2. The Balaban J connectivity index is 1.24. The van der Waals surface area contributed by atoms with E-state index in [1.807, 2.05) is 0 Å².